The number of carbonyl (C=O) groups is 1. The van der Waals surface area contributed by atoms with Gasteiger partial charge in [0, 0.05) is 6.42 Å². The number of carboxylic acid groups (broad SMARTS) is 1. The molecule has 0 aliphatic carbocycles. The van der Waals surface area contributed by atoms with Crippen LogP contribution in [0.1, 0.15) is 32.3 Å². The molecule has 0 spiro atoms. The Morgan fingerprint density at radius 3 is 2.65 bits per heavy atom. The summed E-state index contributed by atoms with van der Waals surface area (Å²) in [5, 5.41) is 9.65. The van der Waals surface area contributed by atoms with Crippen LogP contribution in [0.4, 0.5) is 4.39 Å². The van der Waals surface area contributed by atoms with Crippen molar-refractivity contribution in [1.29, 1.82) is 0 Å². The van der Waals surface area contributed by atoms with Gasteiger partial charge in [-0.3, -0.25) is 9.69 Å². The SMILES string of the molecule is CC1CCN(C(C)(Cc2cccc(F)c2)C(=O)O)CC1. The Morgan fingerprint density at radius 1 is 1.45 bits per heavy atom. The number of halogens is 1. The van der Waals surface area contributed by atoms with Crippen LogP contribution in [-0.2, 0) is 11.2 Å². The smallest absolute Gasteiger partial charge is 0.324 e. The lowest BCUT2D eigenvalue weighted by atomic mass is 9.87. The fraction of sp³-hybridized carbons (Fsp3) is 0.562. The maximum absolute atomic E-state index is 13.3. The van der Waals surface area contributed by atoms with Crippen molar-refractivity contribution in [1.82, 2.24) is 4.90 Å². The Bertz CT molecular complexity index is 483. The third-order valence-corrected chi connectivity index (χ3v) is 4.38. The third-order valence-electron chi connectivity index (χ3n) is 4.38. The lowest BCUT2D eigenvalue weighted by Gasteiger charge is -2.42. The van der Waals surface area contributed by atoms with E-state index in [0.29, 0.717) is 12.3 Å². The van der Waals surface area contributed by atoms with Crippen molar-refractivity contribution in [2.45, 2.75) is 38.6 Å². The molecular weight excluding hydrogens is 257 g/mol. The van der Waals surface area contributed by atoms with E-state index >= 15 is 0 Å². The van der Waals surface area contributed by atoms with Crippen molar-refractivity contribution in [3.05, 3.63) is 35.6 Å². The summed E-state index contributed by atoms with van der Waals surface area (Å²) in [6.45, 7) is 5.52. The van der Waals surface area contributed by atoms with Crippen LogP contribution in [0.5, 0.6) is 0 Å². The van der Waals surface area contributed by atoms with Crippen LogP contribution in [0, 0.1) is 11.7 Å². The zero-order valence-corrected chi connectivity index (χ0v) is 12.1. The number of piperidine rings is 1. The van der Waals surface area contributed by atoms with E-state index in [1.165, 1.54) is 12.1 Å². The molecular formula is C16H22FNO2. The largest absolute Gasteiger partial charge is 0.480 e. The molecule has 0 saturated carbocycles. The molecule has 0 amide bonds. The number of hydrogen-bond acceptors (Lipinski definition) is 2. The first-order valence-corrected chi connectivity index (χ1v) is 7.15. The summed E-state index contributed by atoms with van der Waals surface area (Å²) in [7, 11) is 0. The van der Waals surface area contributed by atoms with Crippen LogP contribution in [0.25, 0.3) is 0 Å². The number of rotatable bonds is 4. The molecule has 0 bridgehead atoms. The van der Waals surface area contributed by atoms with Gasteiger partial charge in [-0.2, -0.15) is 0 Å². The summed E-state index contributed by atoms with van der Waals surface area (Å²) in [5.41, 5.74) is -0.234. The molecule has 4 heteroatoms. The van der Waals surface area contributed by atoms with Crippen LogP contribution in [0.3, 0.4) is 0 Å². The molecule has 0 aromatic heterocycles. The van der Waals surface area contributed by atoms with E-state index in [1.807, 2.05) is 4.90 Å². The molecule has 20 heavy (non-hydrogen) atoms. The van der Waals surface area contributed by atoms with Gasteiger partial charge in [-0.25, -0.2) is 4.39 Å². The summed E-state index contributed by atoms with van der Waals surface area (Å²) < 4.78 is 13.3. The first-order chi connectivity index (χ1) is 9.41. The highest BCUT2D eigenvalue weighted by molar-refractivity contribution is 5.78. The molecule has 1 atom stereocenters. The molecule has 1 saturated heterocycles. The fourth-order valence-corrected chi connectivity index (χ4v) is 2.87. The Morgan fingerprint density at radius 2 is 2.10 bits per heavy atom. The Hall–Kier alpha value is -1.42. The Kier molecular flexibility index (Phi) is 4.43. The molecule has 1 heterocycles. The first kappa shape index (κ1) is 15.0. The van der Waals surface area contributed by atoms with E-state index in [-0.39, 0.29) is 5.82 Å². The lowest BCUT2D eigenvalue weighted by Crippen LogP contribution is -2.56. The first-order valence-electron chi connectivity index (χ1n) is 7.15. The monoisotopic (exact) mass is 279 g/mol. The third kappa shape index (κ3) is 3.18. The van der Waals surface area contributed by atoms with Gasteiger partial charge >= 0.3 is 5.97 Å². The van der Waals surface area contributed by atoms with E-state index in [1.54, 1.807) is 19.1 Å². The summed E-state index contributed by atoms with van der Waals surface area (Å²) >= 11 is 0. The number of hydrogen-bond donors (Lipinski definition) is 1. The van der Waals surface area contributed by atoms with Crippen LogP contribution < -0.4 is 0 Å². The average Bonchev–Trinajstić information content (AvgIpc) is 2.39. The van der Waals surface area contributed by atoms with Gasteiger partial charge in [-0.1, -0.05) is 19.1 Å². The maximum Gasteiger partial charge on any atom is 0.324 e. The van der Waals surface area contributed by atoms with E-state index in [4.69, 9.17) is 0 Å². The predicted molar refractivity (Wildman–Crippen MR) is 76.1 cm³/mol. The molecule has 1 aromatic carbocycles. The second-order valence-corrected chi connectivity index (χ2v) is 6.06. The number of benzene rings is 1. The van der Waals surface area contributed by atoms with Crippen molar-refractivity contribution in [3.63, 3.8) is 0 Å². The van der Waals surface area contributed by atoms with Crippen molar-refractivity contribution >= 4 is 5.97 Å². The molecule has 1 aromatic rings. The van der Waals surface area contributed by atoms with Crippen LogP contribution in [0.15, 0.2) is 24.3 Å². The van der Waals surface area contributed by atoms with E-state index in [2.05, 4.69) is 6.92 Å². The molecule has 1 aliphatic heterocycles. The molecule has 1 N–H and O–H groups in total. The van der Waals surface area contributed by atoms with Crippen molar-refractivity contribution in [3.8, 4) is 0 Å². The summed E-state index contributed by atoms with van der Waals surface area (Å²) in [6, 6.07) is 6.22. The van der Waals surface area contributed by atoms with Gasteiger partial charge in [-0.05, 0) is 56.5 Å². The average molecular weight is 279 g/mol. The standard InChI is InChI=1S/C16H22FNO2/c1-12-6-8-18(9-7-12)16(2,15(19)20)11-13-4-3-5-14(17)10-13/h3-5,10,12H,6-9,11H2,1-2H3,(H,19,20). The van der Waals surface area contributed by atoms with E-state index in [0.717, 1.165) is 31.5 Å². The lowest BCUT2D eigenvalue weighted by molar-refractivity contribution is -0.151. The number of nitrogens with zero attached hydrogens (tertiary/aromatic N) is 1. The van der Waals surface area contributed by atoms with Gasteiger partial charge < -0.3 is 5.11 Å². The van der Waals surface area contributed by atoms with Gasteiger partial charge in [0.2, 0.25) is 0 Å². The van der Waals surface area contributed by atoms with Gasteiger partial charge in [0.15, 0.2) is 0 Å². The maximum atomic E-state index is 13.3. The highest BCUT2D eigenvalue weighted by atomic mass is 19.1. The highest BCUT2D eigenvalue weighted by Crippen LogP contribution is 2.27. The zero-order valence-electron chi connectivity index (χ0n) is 12.1. The van der Waals surface area contributed by atoms with Crippen LogP contribution >= 0.6 is 0 Å². The molecule has 0 radical (unpaired) electrons. The summed E-state index contributed by atoms with van der Waals surface area (Å²) in [4.78, 5) is 13.8. The van der Waals surface area contributed by atoms with Crippen LogP contribution in [0.2, 0.25) is 0 Å². The topological polar surface area (TPSA) is 40.5 Å². The van der Waals surface area contributed by atoms with Gasteiger partial charge in [0.25, 0.3) is 0 Å². The number of aliphatic carboxylic acids is 1. The quantitative estimate of drug-likeness (QED) is 0.921. The predicted octanol–water partition coefficient (Wildman–Crippen LogP) is 2.94. The molecule has 110 valence electrons. The van der Waals surface area contributed by atoms with Crippen molar-refractivity contribution in [2.75, 3.05) is 13.1 Å². The molecule has 2 rings (SSSR count). The van der Waals surface area contributed by atoms with Gasteiger partial charge in [0.1, 0.15) is 11.4 Å². The Labute approximate surface area is 119 Å². The van der Waals surface area contributed by atoms with Gasteiger partial charge in [-0.15, -0.1) is 0 Å². The second-order valence-electron chi connectivity index (χ2n) is 6.06. The van der Waals surface area contributed by atoms with Crippen LogP contribution in [-0.4, -0.2) is 34.6 Å². The normalized spacial score (nSPS) is 20.6. The van der Waals surface area contributed by atoms with Gasteiger partial charge in [0.05, 0.1) is 0 Å². The van der Waals surface area contributed by atoms with Crippen molar-refractivity contribution in [2.24, 2.45) is 5.92 Å². The molecule has 1 fully saturated rings. The summed E-state index contributed by atoms with van der Waals surface area (Å²) in [5.74, 6) is -0.503. The minimum absolute atomic E-state index is 0.317. The van der Waals surface area contributed by atoms with E-state index in [9.17, 15) is 14.3 Å². The van der Waals surface area contributed by atoms with Crippen molar-refractivity contribution < 1.29 is 14.3 Å². The second kappa shape index (κ2) is 5.92. The molecule has 3 nitrogen and oxygen atoms in total. The molecule has 1 unspecified atom stereocenters. The van der Waals surface area contributed by atoms with E-state index < -0.39 is 11.5 Å². The highest BCUT2D eigenvalue weighted by Gasteiger charge is 2.40. The fourth-order valence-electron chi connectivity index (χ4n) is 2.87. The molecule has 1 aliphatic rings. The Balaban J connectivity index is 2.19. The number of carboxylic acids is 1. The summed E-state index contributed by atoms with van der Waals surface area (Å²) in [6.07, 6.45) is 2.37. The minimum Gasteiger partial charge on any atom is -0.480 e. The zero-order chi connectivity index (χ0) is 14.8. The minimum atomic E-state index is -0.964. The number of likely N-dealkylation sites (tertiary alicyclic amines) is 1.